The van der Waals surface area contributed by atoms with E-state index in [2.05, 4.69) is 0 Å². The molecule has 2 rings (SSSR count). The minimum atomic E-state index is -0.205. The normalized spacial score (nSPS) is 19.9. The van der Waals surface area contributed by atoms with Gasteiger partial charge in [-0.2, -0.15) is 0 Å². The Kier molecular flexibility index (Phi) is 4.14. The molecule has 18 heavy (non-hydrogen) atoms. The van der Waals surface area contributed by atoms with Gasteiger partial charge in [0.15, 0.2) is 0 Å². The number of halogens is 1. The van der Waals surface area contributed by atoms with Gasteiger partial charge in [0.05, 0.1) is 9.24 Å². The Balaban J connectivity index is 2.25. The molecule has 1 aromatic rings. The van der Waals surface area contributed by atoms with E-state index < -0.39 is 0 Å². The summed E-state index contributed by atoms with van der Waals surface area (Å²) < 4.78 is 0.669. The molecule has 0 unspecified atom stereocenters. The summed E-state index contributed by atoms with van der Waals surface area (Å²) in [7, 11) is 0. The first-order valence-corrected chi connectivity index (χ1v) is 7.56. The van der Waals surface area contributed by atoms with Crippen molar-refractivity contribution >= 4 is 51.9 Å². The van der Waals surface area contributed by atoms with Crippen molar-refractivity contribution in [2.24, 2.45) is 0 Å². The number of carbonyl (C=O) groups excluding carboxylic acids is 2. The second kappa shape index (κ2) is 5.47. The summed E-state index contributed by atoms with van der Waals surface area (Å²) in [6, 6.07) is 3.55. The van der Waals surface area contributed by atoms with Crippen molar-refractivity contribution in [1.29, 1.82) is 0 Å². The Morgan fingerprint density at radius 2 is 2.17 bits per heavy atom. The van der Waals surface area contributed by atoms with Crippen molar-refractivity contribution in [3.05, 3.63) is 26.3 Å². The van der Waals surface area contributed by atoms with E-state index in [4.69, 9.17) is 11.6 Å². The number of thioether (sulfide) groups is 1. The average Bonchev–Trinajstić information content (AvgIpc) is 2.84. The topological polar surface area (TPSA) is 37.4 Å². The number of amides is 2. The molecule has 0 saturated carbocycles. The van der Waals surface area contributed by atoms with Crippen molar-refractivity contribution in [2.75, 3.05) is 0 Å². The van der Waals surface area contributed by atoms with Gasteiger partial charge in [0.2, 0.25) is 0 Å². The third-order valence-corrected chi connectivity index (χ3v) is 4.78. The number of nitrogens with zero attached hydrogens (tertiary/aromatic N) is 1. The van der Waals surface area contributed by atoms with Gasteiger partial charge < -0.3 is 0 Å². The Bertz CT molecular complexity index is 524. The second-order valence-corrected chi connectivity index (χ2v) is 6.69. The number of thiophene rings is 1. The summed E-state index contributed by atoms with van der Waals surface area (Å²) >= 11 is 8.21. The van der Waals surface area contributed by atoms with Crippen LogP contribution in [0.5, 0.6) is 0 Å². The highest BCUT2D eigenvalue weighted by Gasteiger charge is 2.37. The summed E-state index contributed by atoms with van der Waals surface area (Å²) in [6.07, 6.45) is 2.49. The molecular formula is C12H12ClNO2S2. The van der Waals surface area contributed by atoms with Gasteiger partial charge in [-0.3, -0.25) is 14.5 Å². The molecule has 1 fully saturated rings. The zero-order chi connectivity index (χ0) is 13.3. The molecule has 1 aliphatic rings. The van der Waals surface area contributed by atoms with E-state index in [1.165, 1.54) is 16.2 Å². The van der Waals surface area contributed by atoms with Crippen LogP contribution in [0.15, 0.2) is 17.0 Å². The van der Waals surface area contributed by atoms with E-state index in [0.29, 0.717) is 9.24 Å². The standard InChI is InChI=1S/C12H12ClNO2S2/c1-3-7(2)14-11(15)9(18-12(14)16)6-8-4-5-10(13)17-8/h4-7H,3H2,1-2H3/b9-6+/t7-/m1/s1. The SMILES string of the molecule is CC[C@@H](C)N1C(=O)S/C(=C/c2ccc(Cl)s2)C1=O. The Labute approximate surface area is 119 Å². The third kappa shape index (κ3) is 2.63. The van der Waals surface area contributed by atoms with E-state index in [1.807, 2.05) is 19.9 Å². The number of hydrogen-bond acceptors (Lipinski definition) is 4. The average molecular weight is 302 g/mol. The van der Waals surface area contributed by atoms with Crippen molar-refractivity contribution < 1.29 is 9.59 Å². The summed E-state index contributed by atoms with van der Waals surface area (Å²) in [5, 5.41) is -0.191. The maximum atomic E-state index is 12.1. The van der Waals surface area contributed by atoms with E-state index in [1.54, 1.807) is 12.1 Å². The van der Waals surface area contributed by atoms with Crippen LogP contribution in [-0.2, 0) is 4.79 Å². The van der Waals surface area contributed by atoms with Crippen LogP contribution < -0.4 is 0 Å². The highest BCUT2D eigenvalue weighted by Crippen LogP contribution is 2.35. The van der Waals surface area contributed by atoms with Gasteiger partial charge in [0.1, 0.15) is 0 Å². The fraction of sp³-hybridized carbons (Fsp3) is 0.333. The van der Waals surface area contributed by atoms with Crippen LogP contribution in [0.4, 0.5) is 4.79 Å². The van der Waals surface area contributed by atoms with Crippen molar-refractivity contribution in [3.8, 4) is 0 Å². The number of imide groups is 1. The van der Waals surface area contributed by atoms with Gasteiger partial charge in [-0.25, -0.2) is 0 Å². The molecule has 1 aliphatic heterocycles. The van der Waals surface area contributed by atoms with Crippen LogP contribution in [0.1, 0.15) is 25.1 Å². The van der Waals surface area contributed by atoms with E-state index in [0.717, 1.165) is 23.1 Å². The third-order valence-electron chi connectivity index (χ3n) is 2.72. The summed E-state index contributed by atoms with van der Waals surface area (Å²) in [5.74, 6) is -0.205. The summed E-state index contributed by atoms with van der Waals surface area (Å²) in [4.78, 5) is 26.6. The van der Waals surface area contributed by atoms with Gasteiger partial charge in [0.25, 0.3) is 11.1 Å². The van der Waals surface area contributed by atoms with Crippen LogP contribution >= 0.6 is 34.7 Å². The van der Waals surface area contributed by atoms with E-state index >= 15 is 0 Å². The Morgan fingerprint density at radius 1 is 1.44 bits per heavy atom. The molecule has 96 valence electrons. The molecule has 2 amide bonds. The van der Waals surface area contributed by atoms with Crippen LogP contribution in [0.25, 0.3) is 6.08 Å². The molecule has 0 radical (unpaired) electrons. The van der Waals surface area contributed by atoms with Crippen LogP contribution in [0, 0.1) is 0 Å². The lowest BCUT2D eigenvalue weighted by atomic mass is 10.2. The maximum Gasteiger partial charge on any atom is 0.293 e. The Morgan fingerprint density at radius 3 is 2.72 bits per heavy atom. The maximum absolute atomic E-state index is 12.1. The summed E-state index contributed by atoms with van der Waals surface area (Å²) in [6.45, 7) is 3.83. The van der Waals surface area contributed by atoms with E-state index in [9.17, 15) is 9.59 Å². The molecule has 0 N–H and O–H groups in total. The predicted molar refractivity (Wildman–Crippen MR) is 76.9 cm³/mol. The van der Waals surface area contributed by atoms with Gasteiger partial charge in [-0.1, -0.05) is 18.5 Å². The lowest BCUT2D eigenvalue weighted by molar-refractivity contribution is -0.124. The number of rotatable bonds is 3. The van der Waals surface area contributed by atoms with Gasteiger partial charge in [-0.05, 0) is 43.3 Å². The molecular weight excluding hydrogens is 290 g/mol. The predicted octanol–water partition coefficient (Wildman–Crippen LogP) is 4.24. The monoisotopic (exact) mass is 301 g/mol. The number of carbonyl (C=O) groups is 2. The van der Waals surface area contributed by atoms with Gasteiger partial charge in [0, 0.05) is 10.9 Å². The van der Waals surface area contributed by atoms with Crippen LogP contribution in [0.3, 0.4) is 0 Å². The van der Waals surface area contributed by atoms with Crippen molar-refractivity contribution in [1.82, 2.24) is 4.90 Å². The molecule has 1 aromatic heterocycles. The minimum Gasteiger partial charge on any atom is -0.268 e. The van der Waals surface area contributed by atoms with Crippen LogP contribution in [0.2, 0.25) is 4.34 Å². The van der Waals surface area contributed by atoms with E-state index in [-0.39, 0.29) is 17.2 Å². The molecule has 2 heterocycles. The first kappa shape index (κ1) is 13.6. The molecule has 0 aromatic carbocycles. The second-order valence-electron chi connectivity index (χ2n) is 3.95. The lowest BCUT2D eigenvalue weighted by Gasteiger charge is -2.19. The minimum absolute atomic E-state index is 0.0599. The smallest absolute Gasteiger partial charge is 0.268 e. The van der Waals surface area contributed by atoms with Crippen molar-refractivity contribution in [3.63, 3.8) is 0 Å². The first-order chi connectivity index (χ1) is 8.52. The highest BCUT2D eigenvalue weighted by atomic mass is 35.5. The summed E-state index contributed by atoms with van der Waals surface area (Å²) in [5.41, 5.74) is 0. The van der Waals surface area contributed by atoms with Crippen LogP contribution in [-0.4, -0.2) is 22.1 Å². The lowest BCUT2D eigenvalue weighted by Crippen LogP contribution is -2.36. The van der Waals surface area contributed by atoms with Gasteiger partial charge >= 0.3 is 0 Å². The van der Waals surface area contributed by atoms with Crippen molar-refractivity contribution in [2.45, 2.75) is 26.3 Å². The molecule has 3 nitrogen and oxygen atoms in total. The van der Waals surface area contributed by atoms with Gasteiger partial charge in [-0.15, -0.1) is 11.3 Å². The number of hydrogen-bond donors (Lipinski definition) is 0. The fourth-order valence-corrected chi connectivity index (χ4v) is 3.58. The molecule has 0 aliphatic carbocycles. The quantitative estimate of drug-likeness (QED) is 0.784. The molecule has 0 spiro atoms. The zero-order valence-corrected chi connectivity index (χ0v) is 12.4. The zero-order valence-electron chi connectivity index (χ0n) is 9.97. The Hall–Kier alpha value is -0.780. The molecule has 6 heteroatoms. The molecule has 0 bridgehead atoms. The molecule has 1 saturated heterocycles. The highest BCUT2D eigenvalue weighted by molar-refractivity contribution is 8.18. The first-order valence-electron chi connectivity index (χ1n) is 5.55. The molecule has 1 atom stereocenters. The largest absolute Gasteiger partial charge is 0.293 e. The fourth-order valence-electron chi connectivity index (χ4n) is 1.58.